The van der Waals surface area contributed by atoms with Crippen LogP contribution >= 0.6 is 0 Å². The van der Waals surface area contributed by atoms with Crippen molar-refractivity contribution in [3.63, 3.8) is 0 Å². The molecule has 0 aliphatic heterocycles. The summed E-state index contributed by atoms with van der Waals surface area (Å²) in [6.07, 6.45) is 7.35. The van der Waals surface area contributed by atoms with Crippen LogP contribution in [-0.4, -0.2) is 39.2 Å². The maximum absolute atomic E-state index is 13.7. The largest absolute Gasteiger partial charge is 0.361 e. The van der Waals surface area contributed by atoms with E-state index in [1.165, 1.54) is 0 Å². The number of nitrogens with one attached hydrogen (secondary N) is 4. The van der Waals surface area contributed by atoms with Gasteiger partial charge in [0.2, 0.25) is 5.91 Å². The van der Waals surface area contributed by atoms with Crippen molar-refractivity contribution < 1.29 is 9.59 Å². The number of hydrogen-bond acceptors (Lipinski definition) is 6. The first-order valence-electron chi connectivity index (χ1n) is 15.3. The third-order valence-electron chi connectivity index (χ3n) is 7.70. The van der Waals surface area contributed by atoms with Crippen molar-refractivity contribution in [3.8, 4) is 0 Å². The molecule has 0 saturated carbocycles. The Morgan fingerprint density at radius 3 is 2.18 bits per heavy atom. The van der Waals surface area contributed by atoms with Gasteiger partial charge in [0.25, 0.3) is 0 Å². The van der Waals surface area contributed by atoms with Crippen LogP contribution in [-0.2, 0) is 30.8 Å². The minimum atomic E-state index is -0.773. The molecule has 0 bridgehead atoms. The molecule has 8 nitrogen and oxygen atoms in total. The Bertz CT molecular complexity index is 1620. The molecule has 0 aliphatic rings. The summed E-state index contributed by atoms with van der Waals surface area (Å²) in [6.45, 7) is 4.63. The van der Waals surface area contributed by atoms with Gasteiger partial charge >= 0.3 is 0 Å². The number of fused-ring (bicyclic) bond motifs is 1. The highest BCUT2D eigenvalue weighted by Crippen LogP contribution is 2.20. The number of hydrogen-bond donors (Lipinski definition) is 4. The van der Waals surface area contributed by atoms with Gasteiger partial charge in [-0.25, -0.2) is 0 Å². The van der Waals surface area contributed by atoms with E-state index in [0.29, 0.717) is 51.0 Å². The fourth-order valence-corrected chi connectivity index (χ4v) is 5.38. The van der Waals surface area contributed by atoms with Gasteiger partial charge in [0.05, 0.1) is 11.4 Å². The molecule has 4 N–H and O–H groups in total. The number of aromatic amines is 1. The number of amides is 1. The Labute approximate surface area is 258 Å². The van der Waals surface area contributed by atoms with Gasteiger partial charge < -0.3 is 20.9 Å². The lowest BCUT2D eigenvalue weighted by Crippen LogP contribution is -2.41. The first-order chi connectivity index (χ1) is 21.6. The molecule has 3 aromatic heterocycles. The lowest BCUT2D eigenvalue weighted by Gasteiger charge is -2.20. The van der Waals surface area contributed by atoms with E-state index >= 15 is 0 Å². The molecule has 5 rings (SSSR count). The minimum absolute atomic E-state index is 0.133. The van der Waals surface area contributed by atoms with Gasteiger partial charge in [0.15, 0.2) is 5.78 Å². The number of para-hydroxylation sites is 1. The number of carbonyl (C=O) groups is 2. The molecule has 0 radical (unpaired) electrons. The second-order valence-corrected chi connectivity index (χ2v) is 11.2. The SMILES string of the molecule is C[C@@H](Cc1c[nH]c2ccccc12)NC(=O)C(CCCNCc1ccccn1)C(=O)c1ccc(CNCc2ccccn2)cc1. The zero-order valence-corrected chi connectivity index (χ0v) is 25.1. The molecule has 1 amide bonds. The van der Waals surface area contributed by atoms with E-state index in [4.69, 9.17) is 0 Å². The number of Topliss-reactive ketones (excluding diaryl/α,β-unsaturated/α-hetero) is 1. The summed E-state index contributed by atoms with van der Waals surface area (Å²) in [5.41, 5.74) is 5.75. The van der Waals surface area contributed by atoms with Crippen LogP contribution in [0.25, 0.3) is 10.9 Å². The first-order valence-corrected chi connectivity index (χ1v) is 15.3. The van der Waals surface area contributed by atoms with Crippen LogP contribution in [0.1, 0.15) is 52.6 Å². The maximum Gasteiger partial charge on any atom is 0.231 e. The Kier molecular flexibility index (Phi) is 11.0. The number of H-pyrrole nitrogens is 1. The van der Waals surface area contributed by atoms with E-state index in [1.54, 1.807) is 12.4 Å². The van der Waals surface area contributed by atoms with Crippen LogP contribution in [0, 0.1) is 5.92 Å². The number of benzene rings is 2. The zero-order valence-electron chi connectivity index (χ0n) is 25.1. The summed E-state index contributed by atoms with van der Waals surface area (Å²) in [7, 11) is 0. The highest BCUT2D eigenvalue weighted by Gasteiger charge is 2.28. The number of aromatic nitrogens is 3. The van der Waals surface area contributed by atoms with Gasteiger partial charge in [-0.05, 0) is 74.2 Å². The normalized spacial score (nSPS) is 12.6. The van der Waals surface area contributed by atoms with Crippen LogP contribution in [0.5, 0.6) is 0 Å². The molecular formula is C36H40N6O2. The van der Waals surface area contributed by atoms with E-state index in [1.807, 2.05) is 92.0 Å². The standard InChI is InChI=1S/C36H40N6O2/c1-26(21-29-23-41-34-13-3-2-11-32(29)34)42-36(44)33(12-8-18-37-24-30-9-4-6-19-39-30)35(43)28-16-14-27(15-17-28)22-38-25-31-10-5-7-20-40-31/h2-7,9-11,13-17,19-20,23,26,33,37-38,41H,8,12,18,21-22,24-25H2,1H3,(H,42,44)/t26-,33?/m0/s1. The van der Waals surface area contributed by atoms with E-state index in [0.717, 1.165) is 33.4 Å². The van der Waals surface area contributed by atoms with E-state index in [9.17, 15) is 9.59 Å². The van der Waals surface area contributed by atoms with Gasteiger partial charge in [-0.1, -0.05) is 54.6 Å². The van der Waals surface area contributed by atoms with Crippen molar-refractivity contribution in [1.29, 1.82) is 0 Å². The molecule has 3 heterocycles. The zero-order chi connectivity index (χ0) is 30.6. The average Bonchev–Trinajstić information content (AvgIpc) is 3.46. The van der Waals surface area contributed by atoms with Crippen LogP contribution in [0.15, 0.2) is 104 Å². The first kappa shape index (κ1) is 30.8. The number of nitrogens with zero attached hydrogens (tertiary/aromatic N) is 2. The van der Waals surface area contributed by atoms with Gasteiger partial charge in [0, 0.05) is 60.7 Å². The smallest absolute Gasteiger partial charge is 0.231 e. The third kappa shape index (κ3) is 8.69. The van der Waals surface area contributed by atoms with Gasteiger partial charge in [0.1, 0.15) is 5.92 Å². The predicted octanol–water partition coefficient (Wildman–Crippen LogP) is 5.36. The Morgan fingerprint density at radius 1 is 0.795 bits per heavy atom. The van der Waals surface area contributed by atoms with Crippen molar-refractivity contribution in [3.05, 3.63) is 132 Å². The number of rotatable bonds is 16. The molecule has 0 spiro atoms. The van der Waals surface area contributed by atoms with Gasteiger partial charge in [-0.15, -0.1) is 0 Å². The van der Waals surface area contributed by atoms with Crippen LogP contribution in [0.2, 0.25) is 0 Å². The fraction of sp³-hybridized carbons (Fsp3) is 0.278. The monoisotopic (exact) mass is 588 g/mol. The summed E-state index contributed by atoms with van der Waals surface area (Å²) >= 11 is 0. The third-order valence-corrected chi connectivity index (χ3v) is 7.70. The molecule has 0 fully saturated rings. The molecule has 0 saturated heterocycles. The molecular weight excluding hydrogens is 548 g/mol. The maximum atomic E-state index is 13.7. The van der Waals surface area contributed by atoms with Crippen molar-refractivity contribution in [2.24, 2.45) is 5.92 Å². The number of pyridine rings is 2. The van der Waals surface area contributed by atoms with Crippen LogP contribution in [0.4, 0.5) is 0 Å². The summed E-state index contributed by atoms with van der Waals surface area (Å²) in [5.74, 6) is -1.15. The predicted molar refractivity (Wildman–Crippen MR) is 174 cm³/mol. The van der Waals surface area contributed by atoms with Crippen LogP contribution < -0.4 is 16.0 Å². The molecule has 2 atom stereocenters. The topological polar surface area (TPSA) is 112 Å². The van der Waals surface area contributed by atoms with Crippen molar-refractivity contribution in [1.82, 2.24) is 30.9 Å². The number of ketones is 1. The second-order valence-electron chi connectivity index (χ2n) is 11.2. The van der Waals surface area contributed by atoms with Gasteiger partial charge in [-0.2, -0.15) is 0 Å². The molecule has 8 heteroatoms. The molecule has 44 heavy (non-hydrogen) atoms. The molecule has 2 aromatic carbocycles. The van der Waals surface area contributed by atoms with Crippen molar-refractivity contribution in [2.75, 3.05) is 6.54 Å². The lowest BCUT2D eigenvalue weighted by molar-refractivity contribution is -0.124. The highest BCUT2D eigenvalue weighted by atomic mass is 16.2. The van der Waals surface area contributed by atoms with Crippen LogP contribution in [0.3, 0.4) is 0 Å². The Morgan fingerprint density at radius 2 is 1.48 bits per heavy atom. The molecule has 1 unspecified atom stereocenters. The number of carbonyl (C=O) groups excluding carboxylic acids is 2. The Balaban J connectivity index is 1.20. The average molecular weight is 589 g/mol. The Hall–Kier alpha value is -4.66. The minimum Gasteiger partial charge on any atom is -0.361 e. The summed E-state index contributed by atoms with van der Waals surface area (Å²) in [5, 5.41) is 11.0. The second kappa shape index (κ2) is 15.7. The van der Waals surface area contributed by atoms with Gasteiger partial charge in [-0.3, -0.25) is 19.6 Å². The highest BCUT2D eigenvalue weighted by molar-refractivity contribution is 6.10. The fourth-order valence-electron chi connectivity index (χ4n) is 5.38. The summed E-state index contributed by atoms with van der Waals surface area (Å²) in [6, 6.07) is 27.2. The van der Waals surface area contributed by atoms with E-state index in [2.05, 4.69) is 37.0 Å². The van der Waals surface area contributed by atoms with E-state index < -0.39 is 5.92 Å². The lowest BCUT2D eigenvalue weighted by atomic mass is 9.91. The molecule has 226 valence electrons. The quantitative estimate of drug-likeness (QED) is 0.0701. The van der Waals surface area contributed by atoms with Crippen molar-refractivity contribution >= 4 is 22.6 Å². The summed E-state index contributed by atoms with van der Waals surface area (Å²) in [4.78, 5) is 39.3. The van der Waals surface area contributed by atoms with Crippen molar-refractivity contribution in [2.45, 2.75) is 51.9 Å². The summed E-state index contributed by atoms with van der Waals surface area (Å²) < 4.78 is 0. The molecule has 5 aromatic rings. The van der Waals surface area contributed by atoms with E-state index in [-0.39, 0.29) is 17.7 Å². The molecule has 0 aliphatic carbocycles.